The van der Waals surface area contributed by atoms with Gasteiger partial charge in [0.2, 0.25) is 0 Å². The van der Waals surface area contributed by atoms with E-state index in [2.05, 4.69) is 21.6 Å². The van der Waals surface area contributed by atoms with Gasteiger partial charge >= 0.3 is 0 Å². The molecule has 1 aliphatic rings. The van der Waals surface area contributed by atoms with E-state index in [0.29, 0.717) is 6.42 Å². The second-order valence-corrected chi connectivity index (χ2v) is 4.90. The van der Waals surface area contributed by atoms with E-state index in [4.69, 9.17) is 0 Å². The lowest BCUT2D eigenvalue weighted by molar-refractivity contribution is 0.0111. The monoisotopic (exact) mass is 231 g/mol. The lowest BCUT2D eigenvalue weighted by atomic mass is 9.85. The van der Waals surface area contributed by atoms with Crippen molar-refractivity contribution in [2.75, 3.05) is 13.1 Å². The molecule has 1 aliphatic heterocycles. The molecule has 0 saturated carbocycles. The molecule has 0 amide bonds. The molecule has 3 rings (SSSR count). The highest BCUT2D eigenvalue weighted by molar-refractivity contribution is 5.81. The second-order valence-electron chi connectivity index (χ2n) is 4.90. The van der Waals surface area contributed by atoms with Gasteiger partial charge < -0.3 is 10.4 Å². The number of nitrogens with one attached hydrogen (secondary N) is 2. The average Bonchev–Trinajstić information content (AvgIpc) is 2.79. The van der Waals surface area contributed by atoms with Crippen molar-refractivity contribution in [2.45, 2.75) is 24.9 Å². The lowest BCUT2D eigenvalue weighted by Crippen LogP contribution is -2.43. The highest BCUT2D eigenvalue weighted by atomic mass is 16.3. The molecule has 17 heavy (non-hydrogen) atoms. The predicted molar refractivity (Wildman–Crippen MR) is 66.9 cm³/mol. The Labute approximate surface area is 100 Å². The summed E-state index contributed by atoms with van der Waals surface area (Å²) in [5.41, 5.74) is 1.65. The maximum Gasteiger partial charge on any atom is 0.0712 e. The zero-order valence-electron chi connectivity index (χ0n) is 9.74. The smallest absolute Gasteiger partial charge is 0.0712 e. The topological polar surface area (TPSA) is 60.9 Å². The molecule has 0 atom stereocenters. The third-order valence-corrected chi connectivity index (χ3v) is 3.62. The van der Waals surface area contributed by atoms with Crippen LogP contribution >= 0.6 is 0 Å². The van der Waals surface area contributed by atoms with Crippen LogP contribution in [-0.2, 0) is 6.42 Å². The van der Waals surface area contributed by atoms with Crippen LogP contribution in [-0.4, -0.2) is 34.0 Å². The summed E-state index contributed by atoms with van der Waals surface area (Å²) >= 11 is 0. The molecule has 2 heterocycles. The lowest BCUT2D eigenvalue weighted by Gasteiger charge is -2.32. The number of fused-ring (bicyclic) bond motifs is 1. The van der Waals surface area contributed by atoms with Gasteiger partial charge in [0, 0.05) is 11.8 Å². The zero-order valence-corrected chi connectivity index (χ0v) is 9.74. The van der Waals surface area contributed by atoms with Gasteiger partial charge in [0.1, 0.15) is 0 Å². The van der Waals surface area contributed by atoms with E-state index >= 15 is 0 Å². The highest BCUT2D eigenvalue weighted by Crippen LogP contribution is 2.26. The van der Waals surface area contributed by atoms with Gasteiger partial charge in [0.15, 0.2) is 0 Å². The summed E-state index contributed by atoms with van der Waals surface area (Å²) in [7, 11) is 0. The van der Waals surface area contributed by atoms with Crippen LogP contribution in [0.2, 0.25) is 0 Å². The van der Waals surface area contributed by atoms with Crippen molar-refractivity contribution in [2.24, 2.45) is 0 Å². The molecule has 4 nitrogen and oxygen atoms in total. The van der Waals surface area contributed by atoms with Crippen LogP contribution in [0.25, 0.3) is 10.9 Å². The fourth-order valence-corrected chi connectivity index (χ4v) is 2.60. The van der Waals surface area contributed by atoms with Gasteiger partial charge in [-0.05, 0) is 31.5 Å². The van der Waals surface area contributed by atoms with E-state index in [0.717, 1.165) is 42.4 Å². The van der Waals surface area contributed by atoms with E-state index in [-0.39, 0.29) is 0 Å². The zero-order chi connectivity index (χ0) is 11.7. The Morgan fingerprint density at radius 1 is 1.29 bits per heavy atom. The van der Waals surface area contributed by atoms with E-state index in [1.807, 2.05) is 18.3 Å². The molecule has 0 unspecified atom stereocenters. The van der Waals surface area contributed by atoms with Crippen molar-refractivity contribution in [3.8, 4) is 0 Å². The molecule has 1 fully saturated rings. The number of para-hydroxylation sites is 1. The second kappa shape index (κ2) is 4.13. The first kappa shape index (κ1) is 10.7. The molecule has 4 heteroatoms. The number of aliphatic hydroxyl groups is 1. The Balaban J connectivity index is 1.91. The molecule has 1 aromatic heterocycles. The first-order chi connectivity index (χ1) is 8.27. The molecule has 2 aromatic rings. The minimum absolute atomic E-state index is 0.565. The summed E-state index contributed by atoms with van der Waals surface area (Å²) in [5.74, 6) is 0. The fraction of sp³-hybridized carbons (Fsp3) is 0.462. The Bertz CT molecular complexity index is 514. The van der Waals surface area contributed by atoms with Crippen LogP contribution in [0.4, 0.5) is 0 Å². The van der Waals surface area contributed by atoms with Crippen LogP contribution in [0.3, 0.4) is 0 Å². The highest BCUT2D eigenvalue weighted by Gasteiger charge is 2.29. The Morgan fingerprint density at radius 2 is 2.12 bits per heavy atom. The number of H-pyrrole nitrogens is 1. The molecular weight excluding hydrogens is 214 g/mol. The van der Waals surface area contributed by atoms with Gasteiger partial charge in [-0.15, -0.1) is 0 Å². The summed E-state index contributed by atoms with van der Waals surface area (Å²) in [4.78, 5) is 0. The number of nitrogens with zero attached hydrogens (tertiary/aromatic N) is 1. The summed E-state index contributed by atoms with van der Waals surface area (Å²) < 4.78 is 0. The number of piperidine rings is 1. The van der Waals surface area contributed by atoms with Gasteiger partial charge in [-0.1, -0.05) is 18.2 Å². The molecule has 0 spiro atoms. The third kappa shape index (κ3) is 2.06. The van der Waals surface area contributed by atoms with E-state index < -0.39 is 5.60 Å². The van der Waals surface area contributed by atoms with Crippen LogP contribution in [0.1, 0.15) is 18.4 Å². The predicted octanol–water partition coefficient (Wildman–Crippen LogP) is 1.22. The Morgan fingerprint density at radius 3 is 2.94 bits per heavy atom. The molecule has 90 valence electrons. The minimum atomic E-state index is -0.565. The van der Waals surface area contributed by atoms with Crippen LogP contribution < -0.4 is 5.32 Å². The van der Waals surface area contributed by atoms with Crippen molar-refractivity contribution in [1.82, 2.24) is 15.5 Å². The number of aromatic nitrogens is 2. The molecular formula is C13H17N3O. The van der Waals surface area contributed by atoms with Gasteiger partial charge in [-0.25, -0.2) is 0 Å². The third-order valence-electron chi connectivity index (χ3n) is 3.62. The molecule has 0 aliphatic carbocycles. The normalized spacial score (nSPS) is 19.6. The van der Waals surface area contributed by atoms with E-state index in [1.54, 1.807) is 0 Å². The van der Waals surface area contributed by atoms with Crippen LogP contribution in [0.15, 0.2) is 24.4 Å². The number of benzene rings is 1. The summed E-state index contributed by atoms with van der Waals surface area (Å²) in [6, 6.07) is 6.13. The molecule has 0 bridgehead atoms. The number of hydrogen-bond acceptors (Lipinski definition) is 3. The number of aromatic amines is 1. The van der Waals surface area contributed by atoms with Crippen molar-refractivity contribution in [1.29, 1.82) is 0 Å². The van der Waals surface area contributed by atoms with Crippen LogP contribution in [0.5, 0.6) is 0 Å². The van der Waals surface area contributed by atoms with Crippen molar-refractivity contribution in [3.05, 3.63) is 30.0 Å². The first-order valence-electron chi connectivity index (χ1n) is 6.11. The maximum absolute atomic E-state index is 10.5. The van der Waals surface area contributed by atoms with Gasteiger partial charge in [0.05, 0.1) is 17.3 Å². The summed E-state index contributed by atoms with van der Waals surface area (Å²) in [6.07, 6.45) is 4.16. The van der Waals surface area contributed by atoms with Crippen molar-refractivity contribution < 1.29 is 5.11 Å². The van der Waals surface area contributed by atoms with Crippen molar-refractivity contribution in [3.63, 3.8) is 0 Å². The number of hydrogen-bond donors (Lipinski definition) is 3. The fourth-order valence-electron chi connectivity index (χ4n) is 2.60. The SMILES string of the molecule is OC1(Cc2cccc3cn[nH]c23)CCNCC1. The van der Waals surface area contributed by atoms with Gasteiger partial charge in [0.25, 0.3) is 0 Å². The van der Waals surface area contributed by atoms with E-state index in [9.17, 15) is 5.11 Å². The standard InChI is InChI=1S/C13H17N3O/c17-13(4-6-14-7-5-13)8-10-2-1-3-11-9-15-16-12(10)11/h1-3,9,14,17H,4-8H2,(H,15,16). The largest absolute Gasteiger partial charge is 0.389 e. The average molecular weight is 231 g/mol. The Kier molecular flexibility index (Phi) is 2.61. The maximum atomic E-state index is 10.5. The van der Waals surface area contributed by atoms with Crippen molar-refractivity contribution >= 4 is 10.9 Å². The number of rotatable bonds is 2. The van der Waals surface area contributed by atoms with Crippen LogP contribution in [0, 0.1) is 0 Å². The molecule has 0 radical (unpaired) electrons. The summed E-state index contributed by atoms with van der Waals surface area (Å²) in [6.45, 7) is 1.80. The molecule has 1 aromatic carbocycles. The molecule has 3 N–H and O–H groups in total. The minimum Gasteiger partial charge on any atom is -0.389 e. The molecule has 1 saturated heterocycles. The summed E-state index contributed by atoms with van der Waals surface area (Å²) in [5, 5.41) is 22.0. The first-order valence-corrected chi connectivity index (χ1v) is 6.11. The van der Waals surface area contributed by atoms with Gasteiger partial charge in [-0.2, -0.15) is 5.10 Å². The quantitative estimate of drug-likeness (QED) is 0.728. The Hall–Kier alpha value is -1.39. The van der Waals surface area contributed by atoms with E-state index in [1.165, 1.54) is 0 Å². The van der Waals surface area contributed by atoms with Gasteiger partial charge in [-0.3, -0.25) is 5.10 Å².